The van der Waals surface area contributed by atoms with Gasteiger partial charge in [0.25, 0.3) is 0 Å². The van der Waals surface area contributed by atoms with Crippen molar-refractivity contribution in [1.82, 2.24) is 19.7 Å². The summed E-state index contributed by atoms with van der Waals surface area (Å²) in [6.45, 7) is 5.97. The molecular formula is C28H26N4O3. The van der Waals surface area contributed by atoms with Crippen molar-refractivity contribution in [2.24, 2.45) is 0 Å². The van der Waals surface area contributed by atoms with E-state index in [1.54, 1.807) is 0 Å². The SMILES string of the molecule is CC[C@@H](c1ccccn1)n1cc(-c2cccc(CC(=O)O)c2)c2ncc(-c3c(C)noc3C)cc21. The highest BCUT2D eigenvalue weighted by atomic mass is 16.5. The topological polar surface area (TPSA) is 94.0 Å². The zero-order valence-electron chi connectivity index (χ0n) is 19.9. The third kappa shape index (κ3) is 4.21. The molecule has 0 saturated heterocycles. The standard InChI is InChI=1S/C28H26N4O3/c1-4-24(23-10-5-6-11-29-23)32-16-22(20-9-7-8-19(12-20)13-26(33)34)28-25(32)14-21(15-30-28)27-17(2)31-35-18(27)3/h5-12,14-16,24H,4,13H2,1-3H3,(H,33,34)/t24-/m0/s1. The van der Waals surface area contributed by atoms with E-state index in [-0.39, 0.29) is 12.5 Å². The van der Waals surface area contributed by atoms with Crippen LogP contribution in [0.2, 0.25) is 0 Å². The van der Waals surface area contributed by atoms with Gasteiger partial charge < -0.3 is 14.2 Å². The van der Waals surface area contributed by atoms with Crippen molar-refractivity contribution in [3.63, 3.8) is 0 Å². The summed E-state index contributed by atoms with van der Waals surface area (Å²) in [5.41, 5.74) is 8.13. The number of fused-ring (bicyclic) bond motifs is 1. The molecule has 35 heavy (non-hydrogen) atoms. The molecule has 0 aliphatic heterocycles. The zero-order valence-corrected chi connectivity index (χ0v) is 19.9. The maximum atomic E-state index is 11.3. The zero-order chi connectivity index (χ0) is 24.5. The summed E-state index contributed by atoms with van der Waals surface area (Å²) in [6.07, 6.45) is 6.59. The molecule has 0 aliphatic rings. The second-order valence-electron chi connectivity index (χ2n) is 8.69. The lowest BCUT2D eigenvalue weighted by molar-refractivity contribution is -0.136. The van der Waals surface area contributed by atoms with Crippen LogP contribution in [0, 0.1) is 13.8 Å². The summed E-state index contributed by atoms with van der Waals surface area (Å²) in [5.74, 6) is -0.104. The number of hydrogen-bond donors (Lipinski definition) is 1. The van der Waals surface area contributed by atoms with Crippen LogP contribution in [0.25, 0.3) is 33.3 Å². The van der Waals surface area contributed by atoms with Gasteiger partial charge in [0, 0.05) is 35.3 Å². The molecule has 4 aromatic heterocycles. The number of carboxylic acid groups (broad SMARTS) is 1. The molecule has 0 radical (unpaired) electrons. The minimum Gasteiger partial charge on any atom is -0.481 e. The number of aryl methyl sites for hydroxylation is 2. The number of rotatable bonds is 7. The summed E-state index contributed by atoms with van der Waals surface area (Å²) in [6, 6.07) is 15.8. The lowest BCUT2D eigenvalue weighted by Gasteiger charge is -2.18. The summed E-state index contributed by atoms with van der Waals surface area (Å²) in [5, 5.41) is 13.4. The maximum Gasteiger partial charge on any atom is 0.307 e. The van der Waals surface area contributed by atoms with Gasteiger partial charge in [0.2, 0.25) is 0 Å². The lowest BCUT2D eigenvalue weighted by atomic mass is 10.0. The van der Waals surface area contributed by atoms with Crippen molar-refractivity contribution in [2.45, 2.75) is 39.7 Å². The predicted octanol–water partition coefficient (Wildman–Crippen LogP) is 6.00. The van der Waals surface area contributed by atoms with Crippen LogP contribution in [0.15, 0.2) is 71.6 Å². The molecule has 0 fully saturated rings. The first-order chi connectivity index (χ1) is 17.0. The van der Waals surface area contributed by atoms with Crippen molar-refractivity contribution >= 4 is 17.0 Å². The highest BCUT2D eigenvalue weighted by molar-refractivity contribution is 5.95. The van der Waals surface area contributed by atoms with Crippen LogP contribution in [0.3, 0.4) is 0 Å². The summed E-state index contributed by atoms with van der Waals surface area (Å²) in [7, 11) is 0. The Kier molecular flexibility index (Phi) is 5.91. The minimum absolute atomic E-state index is 0.0105. The molecule has 0 bridgehead atoms. The number of aromatic nitrogens is 4. The predicted molar refractivity (Wildman–Crippen MR) is 134 cm³/mol. The van der Waals surface area contributed by atoms with E-state index in [4.69, 9.17) is 9.51 Å². The Hall–Kier alpha value is -4.26. The number of pyridine rings is 2. The molecule has 5 aromatic rings. The molecule has 0 unspecified atom stereocenters. The third-order valence-corrected chi connectivity index (χ3v) is 6.34. The highest BCUT2D eigenvalue weighted by Crippen LogP contribution is 2.37. The maximum absolute atomic E-state index is 11.3. The van der Waals surface area contributed by atoms with E-state index >= 15 is 0 Å². The smallest absolute Gasteiger partial charge is 0.307 e. The van der Waals surface area contributed by atoms with E-state index in [2.05, 4.69) is 33.9 Å². The molecule has 1 atom stereocenters. The Bertz CT molecular complexity index is 1500. The number of benzene rings is 1. The first kappa shape index (κ1) is 22.5. The van der Waals surface area contributed by atoms with Crippen molar-refractivity contribution in [3.05, 3.63) is 89.8 Å². The fourth-order valence-electron chi connectivity index (χ4n) is 4.77. The van der Waals surface area contributed by atoms with Crippen LogP contribution >= 0.6 is 0 Å². The van der Waals surface area contributed by atoms with E-state index in [1.807, 2.05) is 68.7 Å². The summed E-state index contributed by atoms with van der Waals surface area (Å²) < 4.78 is 7.63. The molecule has 0 amide bonds. The molecule has 7 heteroatoms. The monoisotopic (exact) mass is 466 g/mol. The normalized spacial score (nSPS) is 12.2. The molecule has 0 aliphatic carbocycles. The lowest BCUT2D eigenvalue weighted by Crippen LogP contribution is -2.10. The Morgan fingerprint density at radius 1 is 1.09 bits per heavy atom. The van der Waals surface area contributed by atoms with Crippen LogP contribution in [0.5, 0.6) is 0 Å². The van der Waals surface area contributed by atoms with Gasteiger partial charge in [-0.1, -0.05) is 42.4 Å². The van der Waals surface area contributed by atoms with E-state index in [0.717, 1.165) is 62.4 Å². The van der Waals surface area contributed by atoms with Crippen LogP contribution in [0.4, 0.5) is 0 Å². The fourth-order valence-corrected chi connectivity index (χ4v) is 4.77. The van der Waals surface area contributed by atoms with E-state index < -0.39 is 5.97 Å². The van der Waals surface area contributed by atoms with Crippen molar-refractivity contribution < 1.29 is 14.4 Å². The van der Waals surface area contributed by atoms with Gasteiger partial charge in [-0.3, -0.25) is 14.8 Å². The van der Waals surface area contributed by atoms with Gasteiger partial charge in [-0.25, -0.2) is 0 Å². The van der Waals surface area contributed by atoms with Gasteiger partial charge in [-0.15, -0.1) is 0 Å². The molecule has 4 heterocycles. The first-order valence-electron chi connectivity index (χ1n) is 11.6. The molecule has 0 saturated carbocycles. The van der Waals surface area contributed by atoms with Crippen LogP contribution in [-0.4, -0.2) is 30.8 Å². The van der Waals surface area contributed by atoms with Gasteiger partial charge >= 0.3 is 5.97 Å². The quantitative estimate of drug-likeness (QED) is 0.316. The van der Waals surface area contributed by atoms with Crippen molar-refractivity contribution in [2.75, 3.05) is 0 Å². The number of carbonyl (C=O) groups is 1. The number of aliphatic carboxylic acids is 1. The van der Waals surface area contributed by atoms with Crippen molar-refractivity contribution in [1.29, 1.82) is 0 Å². The van der Waals surface area contributed by atoms with Crippen LogP contribution in [0.1, 0.15) is 42.1 Å². The molecule has 0 spiro atoms. The van der Waals surface area contributed by atoms with Crippen molar-refractivity contribution in [3.8, 4) is 22.3 Å². The van der Waals surface area contributed by atoms with E-state index in [1.165, 1.54) is 0 Å². The first-order valence-corrected chi connectivity index (χ1v) is 11.6. The number of nitrogens with zero attached hydrogens (tertiary/aromatic N) is 4. The second-order valence-corrected chi connectivity index (χ2v) is 8.69. The van der Waals surface area contributed by atoms with E-state index in [0.29, 0.717) is 0 Å². The number of hydrogen-bond acceptors (Lipinski definition) is 5. The summed E-state index contributed by atoms with van der Waals surface area (Å²) in [4.78, 5) is 20.8. The molecular weight excluding hydrogens is 440 g/mol. The molecule has 7 nitrogen and oxygen atoms in total. The van der Waals surface area contributed by atoms with Crippen LogP contribution < -0.4 is 0 Å². The largest absolute Gasteiger partial charge is 0.481 e. The van der Waals surface area contributed by atoms with E-state index in [9.17, 15) is 9.90 Å². The fraction of sp³-hybridized carbons (Fsp3) is 0.214. The van der Waals surface area contributed by atoms with Gasteiger partial charge in [-0.05, 0) is 49.6 Å². The third-order valence-electron chi connectivity index (χ3n) is 6.34. The molecule has 1 aromatic carbocycles. The highest BCUT2D eigenvalue weighted by Gasteiger charge is 2.21. The van der Waals surface area contributed by atoms with Gasteiger partial charge in [0.05, 0.1) is 34.9 Å². The molecule has 1 N–H and O–H groups in total. The Morgan fingerprint density at radius 3 is 2.63 bits per heavy atom. The summed E-state index contributed by atoms with van der Waals surface area (Å²) >= 11 is 0. The Balaban J connectivity index is 1.74. The Morgan fingerprint density at radius 2 is 1.94 bits per heavy atom. The van der Waals surface area contributed by atoms with Gasteiger partial charge in [0.15, 0.2) is 0 Å². The van der Waals surface area contributed by atoms with Gasteiger partial charge in [-0.2, -0.15) is 0 Å². The van der Waals surface area contributed by atoms with Gasteiger partial charge in [0.1, 0.15) is 5.76 Å². The molecule has 176 valence electrons. The van der Waals surface area contributed by atoms with Crippen LogP contribution in [-0.2, 0) is 11.2 Å². The number of carboxylic acids is 1. The minimum atomic E-state index is -0.854. The average molecular weight is 467 g/mol. The average Bonchev–Trinajstić information content (AvgIpc) is 3.39. The molecule has 5 rings (SSSR count). The Labute approximate surface area is 203 Å². The second kappa shape index (κ2) is 9.18.